The molecule has 98 valence electrons. The molecule has 0 aliphatic rings. The molecule has 0 fully saturated rings. The number of carbonyl (C=O) groups excluding carboxylic acids is 2. The van der Waals surface area contributed by atoms with Gasteiger partial charge in [-0.3, -0.25) is 4.79 Å². The zero-order chi connectivity index (χ0) is 13.7. The summed E-state index contributed by atoms with van der Waals surface area (Å²) in [7, 11) is 1.62. The van der Waals surface area contributed by atoms with E-state index in [0.29, 0.717) is 17.9 Å². The monoisotopic (exact) mass is 248 g/mol. The Kier molecular flexibility index (Phi) is 5.08. The van der Waals surface area contributed by atoms with Crippen LogP contribution in [0.15, 0.2) is 18.2 Å². The molecule has 0 unspecified atom stereocenters. The van der Waals surface area contributed by atoms with E-state index in [2.05, 4.69) is 13.8 Å². The first-order valence-electron chi connectivity index (χ1n) is 6.16. The van der Waals surface area contributed by atoms with Gasteiger partial charge in [-0.25, -0.2) is 0 Å². The van der Waals surface area contributed by atoms with Crippen LogP contribution in [-0.2, 0) is 4.79 Å². The van der Waals surface area contributed by atoms with Crippen LogP contribution in [0.2, 0.25) is 0 Å². The number of ketones is 2. The Bertz CT molecular complexity index is 447. The van der Waals surface area contributed by atoms with E-state index in [1.807, 2.05) is 12.1 Å². The number of ether oxygens (including phenoxy) is 1. The summed E-state index contributed by atoms with van der Waals surface area (Å²) in [6.45, 7) is 5.62. The van der Waals surface area contributed by atoms with Crippen molar-refractivity contribution in [3.05, 3.63) is 29.3 Å². The summed E-state index contributed by atoms with van der Waals surface area (Å²) >= 11 is 0. The van der Waals surface area contributed by atoms with Gasteiger partial charge in [0.1, 0.15) is 11.5 Å². The zero-order valence-corrected chi connectivity index (χ0v) is 11.4. The topological polar surface area (TPSA) is 43.4 Å². The highest BCUT2D eigenvalue weighted by Gasteiger charge is 2.12. The summed E-state index contributed by atoms with van der Waals surface area (Å²) in [6.07, 6.45) is 0.584. The highest BCUT2D eigenvalue weighted by Crippen LogP contribution is 2.27. The van der Waals surface area contributed by atoms with Gasteiger partial charge < -0.3 is 9.53 Å². The standard InChI is InChI=1S/C15H20O3/c1-10(2)13-9-12(6-8-15(13)18-4)14(17)7-5-11(3)16/h6,8-10H,5,7H2,1-4H3. The molecular weight excluding hydrogens is 228 g/mol. The van der Waals surface area contributed by atoms with Gasteiger partial charge in [0, 0.05) is 18.4 Å². The fraction of sp³-hybridized carbons (Fsp3) is 0.467. The van der Waals surface area contributed by atoms with Crippen LogP contribution >= 0.6 is 0 Å². The average molecular weight is 248 g/mol. The van der Waals surface area contributed by atoms with Crippen molar-refractivity contribution in [2.75, 3.05) is 7.11 Å². The lowest BCUT2D eigenvalue weighted by Crippen LogP contribution is -2.04. The van der Waals surface area contributed by atoms with Crippen LogP contribution in [0.25, 0.3) is 0 Å². The Morgan fingerprint density at radius 1 is 1.22 bits per heavy atom. The van der Waals surface area contributed by atoms with Gasteiger partial charge in [0.25, 0.3) is 0 Å². The predicted octanol–water partition coefficient (Wildman–Crippen LogP) is 3.37. The molecule has 1 aromatic carbocycles. The minimum absolute atomic E-state index is 0.00903. The number of hydrogen-bond donors (Lipinski definition) is 0. The molecule has 3 heteroatoms. The minimum Gasteiger partial charge on any atom is -0.496 e. The van der Waals surface area contributed by atoms with Crippen molar-refractivity contribution in [3.63, 3.8) is 0 Å². The number of carbonyl (C=O) groups is 2. The third-order valence-electron chi connectivity index (χ3n) is 2.88. The molecule has 0 atom stereocenters. The van der Waals surface area contributed by atoms with Gasteiger partial charge in [0.2, 0.25) is 0 Å². The highest BCUT2D eigenvalue weighted by atomic mass is 16.5. The summed E-state index contributed by atoms with van der Waals surface area (Å²) in [5.41, 5.74) is 1.67. The number of Topliss-reactive ketones (excluding diaryl/α,β-unsaturated/α-hetero) is 2. The largest absolute Gasteiger partial charge is 0.496 e. The second kappa shape index (κ2) is 6.34. The average Bonchev–Trinajstić information content (AvgIpc) is 2.34. The van der Waals surface area contributed by atoms with Gasteiger partial charge in [-0.15, -0.1) is 0 Å². The molecule has 1 rings (SSSR count). The molecule has 3 nitrogen and oxygen atoms in total. The Hall–Kier alpha value is -1.64. The van der Waals surface area contributed by atoms with Crippen LogP contribution in [0.4, 0.5) is 0 Å². The molecule has 1 aromatic rings. The van der Waals surface area contributed by atoms with Gasteiger partial charge in [0.05, 0.1) is 7.11 Å². The van der Waals surface area contributed by atoms with E-state index >= 15 is 0 Å². The maximum Gasteiger partial charge on any atom is 0.163 e. The fourth-order valence-electron chi connectivity index (χ4n) is 1.79. The molecule has 0 amide bonds. The number of rotatable bonds is 6. The summed E-state index contributed by atoms with van der Waals surface area (Å²) < 4.78 is 5.27. The van der Waals surface area contributed by atoms with Crippen LogP contribution in [0.3, 0.4) is 0 Å². The van der Waals surface area contributed by atoms with Crippen molar-refractivity contribution in [1.82, 2.24) is 0 Å². The van der Waals surface area contributed by atoms with Crippen LogP contribution in [0.5, 0.6) is 5.75 Å². The zero-order valence-electron chi connectivity index (χ0n) is 11.4. The summed E-state index contributed by atoms with van der Waals surface area (Å²) in [4.78, 5) is 22.8. The lowest BCUT2D eigenvalue weighted by Gasteiger charge is -2.13. The molecule has 0 spiro atoms. The first-order chi connectivity index (χ1) is 8.45. The molecule has 0 N–H and O–H groups in total. The third kappa shape index (κ3) is 3.69. The quantitative estimate of drug-likeness (QED) is 0.725. The minimum atomic E-state index is 0.00903. The van der Waals surface area contributed by atoms with Crippen molar-refractivity contribution in [3.8, 4) is 5.75 Å². The van der Waals surface area contributed by atoms with E-state index in [1.165, 1.54) is 6.92 Å². The van der Waals surface area contributed by atoms with Crippen molar-refractivity contribution in [2.24, 2.45) is 0 Å². The van der Waals surface area contributed by atoms with E-state index in [4.69, 9.17) is 4.74 Å². The second-order valence-corrected chi connectivity index (χ2v) is 4.74. The van der Waals surface area contributed by atoms with E-state index in [1.54, 1.807) is 13.2 Å². The van der Waals surface area contributed by atoms with Crippen molar-refractivity contribution in [2.45, 2.75) is 39.5 Å². The summed E-state index contributed by atoms with van der Waals surface area (Å²) in [5, 5.41) is 0. The van der Waals surface area contributed by atoms with Gasteiger partial charge in [-0.2, -0.15) is 0 Å². The summed E-state index contributed by atoms with van der Waals surface area (Å²) in [6, 6.07) is 5.44. The SMILES string of the molecule is COc1ccc(C(=O)CCC(C)=O)cc1C(C)C. The van der Waals surface area contributed by atoms with Crippen molar-refractivity contribution >= 4 is 11.6 Å². The normalized spacial score (nSPS) is 10.5. The Balaban J connectivity index is 2.93. The Morgan fingerprint density at radius 2 is 1.89 bits per heavy atom. The lowest BCUT2D eigenvalue weighted by atomic mass is 9.96. The third-order valence-corrected chi connectivity index (χ3v) is 2.88. The molecule has 0 bridgehead atoms. The van der Waals surface area contributed by atoms with Gasteiger partial charge >= 0.3 is 0 Å². The molecule has 0 aliphatic carbocycles. The molecular formula is C15H20O3. The van der Waals surface area contributed by atoms with E-state index in [-0.39, 0.29) is 18.0 Å². The van der Waals surface area contributed by atoms with Crippen LogP contribution < -0.4 is 4.74 Å². The van der Waals surface area contributed by atoms with E-state index < -0.39 is 0 Å². The Morgan fingerprint density at radius 3 is 2.39 bits per heavy atom. The molecule has 0 aliphatic heterocycles. The van der Waals surface area contributed by atoms with Gasteiger partial charge in [-0.1, -0.05) is 13.8 Å². The maximum atomic E-state index is 11.9. The number of benzene rings is 1. The molecule has 0 saturated heterocycles. The van der Waals surface area contributed by atoms with Crippen LogP contribution in [-0.4, -0.2) is 18.7 Å². The first kappa shape index (κ1) is 14.4. The van der Waals surface area contributed by atoms with E-state index in [9.17, 15) is 9.59 Å². The lowest BCUT2D eigenvalue weighted by molar-refractivity contribution is -0.116. The summed E-state index contributed by atoms with van der Waals surface area (Å²) in [5.74, 6) is 1.14. The molecule has 18 heavy (non-hydrogen) atoms. The molecule has 0 heterocycles. The van der Waals surface area contributed by atoms with E-state index in [0.717, 1.165) is 11.3 Å². The number of hydrogen-bond acceptors (Lipinski definition) is 3. The van der Waals surface area contributed by atoms with Crippen LogP contribution in [0, 0.1) is 0 Å². The van der Waals surface area contributed by atoms with Gasteiger partial charge in [0.15, 0.2) is 5.78 Å². The molecule has 0 radical (unpaired) electrons. The first-order valence-corrected chi connectivity index (χ1v) is 6.16. The second-order valence-electron chi connectivity index (χ2n) is 4.74. The number of methoxy groups -OCH3 is 1. The van der Waals surface area contributed by atoms with Crippen molar-refractivity contribution in [1.29, 1.82) is 0 Å². The fourth-order valence-corrected chi connectivity index (χ4v) is 1.79. The Labute approximate surface area is 108 Å². The molecule has 0 saturated carbocycles. The predicted molar refractivity (Wildman–Crippen MR) is 71.3 cm³/mol. The maximum absolute atomic E-state index is 11.9. The smallest absolute Gasteiger partial charge is 0.163 e. The van der Waals surface area contributed by atoms with Crippen molar-refractivity contribution < 1.29 is 14.3 Å². The highest BCUT2D eigenvalue weighted by molar-refractivity contribution is 5.98. The van der Waals surface area contributed by atoms with Gasteiger partial charge in [-0.05, 0) is 36.6 Å². The van der Waals surface area contributed by atoms with Crippen LogP contribution in [0.1, 0.15) is 55.5 Å². The molecule has 0 aromatic heterocycles.